The lowest BCUT2D eigenvalue weighted by molar-refractivity contribution is -0.119. The van der Waals surface area contributed by atoms with Crippen LogP contribution in [0.4, 0.5) is 5.69 Å². The predicted octanol–water partition coefficient (Wildman–Crippen LogP) is 1.35. The molecule has 118 valence electrons. The Labute approximate surface area is 130 Å². The van der Waals surface area contributed by atoms with Crippen molar-refractivity contribution in [1.82, 2.24) is 14.8 Å². The van der Waals surface area contributed by atoms with Crippen molar-refractivity contribution in [3.8, 4) is 0 Å². The van der Waals surface area contributed by atoms with Crippen molar-refractivity contribution < 1.29 is 9.59 Å². The van der Waals surface area contributed by atoms with Gasteiger partial charge in [0.1, 0.15) is 5.69 Å². The van der Waals surface area contributed by atoms with Gasteiger partial charge in [0.05, 0.1) is 0 Å². The zero-order valence-electron chi connectivity index (χ0n) is 12.7. The molecule has 22 heavy (non-hydrogen) atoms. The molecule has 6 heteroatoms. The Morgan fingerprint density at radius 3 is 2.64 bits per heavy atom. The van der Waals surface area contributed by atoms with E-state index in [4.69, 9.17) is 0 Å². The molecule has 0 spiro atoms. The smallest absolute Gasteiger partial charge is 0.272 e. The lowest BCUT2D eigenvalue weighted by atomic mass is 10.2. The minimum atomic E-state index is -0.0550. The molecule has 0 unspecified atom stereocenters. The third-order valence-corrected chi connectivity index (χ3v) is 4.46. The van der Waals surface area contributed by atoms with E-state index in [1.165, 1.54) is 25.7 Å². The number of hydrogen-bond donors (Lipinski definition) is 1. The summed E-state index contributed by atoms with van der Waals surface area (Å²) in [6.45, 7) is 2.32. The molecule has 1 aromatic heterocycles. The fourth-order valence-corrected chi connectivity index (χ4v) is 3.14. The van der Waals surface area contributed by atoms with E-state index in [2.05, 4.69) is 10.3 Å². The Kier molecular flexibility index (Phi) is 4.56. The maximum atomic E-state index is 12.5. The van der Waals surface area contributed by atoms with Crippen molar-refractivity contribution in [2.75, 3.05) is 31.5 Å². The number of carbonyl (C=O) groups excluding carboxylic acids is 2. The van der Waals surface area contributed by atoms with Gasteiger partial charge in [-0.25, -0.2) is 0 Å². The molecule has 2 amide bonds. The highest BCUT2D eigenvalue weighted by Gasteiger charge is 2.22. The number of aromatic nitrogens is 1. The van der Waals surface area contributed by atoms with Crippen molar-refractivity contribution in [2.45, 2.75) is 31.7 Å². The van der Waals surface area contributed by atoms with E-state index >= 15 is 0 Å². The van der Waals surface area contributed by atoms with Crippen LogP contribution in [-0.4, -0.2) is 59.3 Å². The Morgan fingerprint density at radius 1 is 1.23 bits per heavy atom. The first-order chi connectivity index (χ1) is 10.8. The van der Waals surface area contributed by atoms with Crippen molar-refractivity contribution in [3.63, 3.8) is 0 Å². The Balaban J connectivity index is 1.63. The largest absolute Gasteiger partial charge is 0.382 e. The lowest BCUT2D eigenvalue weighted by Crippen LogP contribution is -2.48. The minimum absolute atomic E-state index is 0.0550. The highest BCUT2D eigenvalue weighted by atomic mass is 16.2. The monoisotopic (exact) mass is 302 g/mol. The van der Waals surface area contributed by atoms with Crippen LogP contribution in [0.25, 0.3) is 0 Å². The molecular formula is C16H22N4O2. The van der Waals surface area contributed by atoms with E-state index in [0.717, 1.165) is 12.1 Å². The quantitative estimate of drug-likeness (QED) is 0.853. The second-order valence-corrected chi connectivity index (χ2v) is 5.99. The van der Waals surface area contributed by atoms with Crippen molar-refractivity contribution in [1.29, 1.82) is 0 Å². The van der Waals surface area contributed by atoms with E-state index in [1.54, 1.807) is 16.0 Å². The third-order valence-electron chi connectivity index (χ3n) is 4.46. The topological polar surface area (TPSA) is 65.5 Å². The molecule has 2 fully saturated rings. The molecular weight excluding hydrogens is 280 g/mol. The number of nitrogens with one attached hydrogen (secondary N) is 1. The second kappa shape index (κ2) is 6.77. The fourth-order valence-electron chi connectivity index (χ4n) is 3.14. The summed E-state index contributed by atoms with van der Waals surface area (Å²) < 4.78 is 0. The van der Waals surface area contributed by atoms with Crippen LogP contribution in [0, 0.1) is 0 Å². The maximum Gasteiger partial charge on any atom is 0.272 e. The number of nitrogens with zero attached hydrogens (tertiary/aromatic N) is 3. The fraction of sp³-hybridized carbons (Fsp3) is 0.562. The molecule has 0 bridgehead atoms. The molecule has 2 aliphatic rings. The Morgan fingerprint density at radius 2 is 1.95 bits per heavy atom. The Hall–Kier alpha value is -2.11. The van der Waals surface area contributed by atoms with Crippen molar-refractivity contribution in [2.24, 2.45) is 0 Å². The van der Waals surface area contributed by atoms with Gasteiger partial charge < -0.3 is 15.1 Å². The summed E-state index contributed by atoms with van der Waals surface area (Å²) in [6, 6.07) is 4.27. The molecule has 0 radical (unpaired) electrons. The van der Waals surface area contributed by atoms with Gasteiger partial charge in [0.15, 0.2) is 0 Å². The molecule has 1 saturated carbocycles. The molecule has 1 aromatic rings. The summed E-state index contributed by atoms with van der Waals surface area (Å²) in [5, 5.41) is 3.49. The molecule has 3 rings (SSSR count). The first-order valence-electron chi connectivity index (χ1n) is 7.97. The van der Waals surface area contributed by atoms with Crippen LogP contribution < -0.4 is 5.32 Å². The van der Waals surface area contributed by atoms with Gasteiger partial charge in [0, 0.05) is 44.1 Å². The molecule has 1 aliphatic heterocycles. The highest BCUT2D eigenvalue weighted by Crippen LogP contribution is 2.22. The lowest BCUT2D eigenvalue weighted by Gasteiger charge is -2.32. The summed E-state index contributed by atoms with van der Waals surface area (Å²) in [6.07, 6.45) is 7.46. The average Bonchev–Trinajstić information content (AvgIpc) is 3.07. The van der Waals surface area contributed by atoms with Crippen LogP contribution in [0.3, 0.4) is 0 Å². The van der Waals surface area contributed by atoms with Gasteiger partial charge in [0.2, 0.25) is 6.41 Å². The van der Waals surface area contributed by atoms with Gasteiger partial charge in [-0.15, -0.1) is 0 Å². The first-order valence-corrected chi connectivity index (χ1v) is 7.97. The molecule has 0 aromatic carbocycles. The predicted molar refractivity (Wildman–Crippen MR) is 83.7 cm³/mol. The van der Waals surface area contributed by atoms with E-state index in [1.807, 2.05) is 12.1 Å². The Bertz CT molecular complexity index is 535. The van der Waals surface area contributed by atoms with Gasteiger partial charge in [-0.3, -0.25) is 14.6 Å². The number of anilines is 1. The van der Waals surface area contributed by atoms with Crippen LogP contribution in [0.5, 0.6) is 0 Å². The van der Waals surface area contributed by atoms with Gasteiger partial charge in [-0.1, -0.05) is 12.8 Å². The maximum absolute atomic E-state index is 12.5. The number of pyridine rings is 1. The third kappa shape index (κ3) is 3.37. The van der Waals surface area contributed by atoms with Crippen LogP contribution in [0.1, 0.15) is 36.2 Å². The molecule has 0 atom stereocenters. The molecule has 6 nitrogen and oxygen atoms in total. The van der Waals surface area contributed by atoms with E-state index in [9.17, 15) is 9.59 Å². The van der Waals surface area contributed by atoms with Crippen LogP contribution in [0.15, 0.2) is 18.3 Å². The number of amides is 2. The number of carbonyl (C=O) groups is 2. The average molecular weight is 302 g/mol. The van der Waals surface area contributed by atoms with Crippen LogP contribution >= 0.6 is 0 Å². The zero-order chi connectivity index (χ0) is 15.4. The summed E-state index contributed by atoms with van der Waals surface area (Å²) in [5.41, 5.74) is 1.44. The molecule has 1 N–H and O–H groups in total. The summed E-state index contributed by atoms with van der Waals surface area (Å²) in [4.78, 5) is 30.9. The molecule has 2 heterocycles. The number of rotatable bonds is 4. The summed E-state index contributed by atoms with van der Waals surface area (Å²) >= 11 is 0. The normalized spacial score (nSPS) is 19.3. The van der Waals surface area contributed by atoms with E-state index < -0.39 is 0 Å². The van der Waals surface area contributed by atoms with Gasteiger partial charge in [-0.05, 0) is 25.0 Å². The number of hydrogen-bond acceptors (Lipinski definition) is 4. The van der Waals surface area contributed by atoms with Gasteiger partial charge >= 0.3 is 0 Å². The summed E-state index contributed by atoms with van der Waals surface area (Å²) in [7, 11) is 0. The van der Waals surface area contributed by atoms with E-state index in [-0.39, 0.29) is 5.91 Å². The van der Waals surface area contributed by atoms with Crippen molar-refractivity contribution in [3.05, 3.63) is 24.0 Å². The molecule has 1 aliphatic carbocycles. The zero-order valence-corrected chi connectivity index (χ0v) is 12.7. The SMILES string of the molecule is O=CN1CCN(C(=O)c2cc(NC3CCCC3)ccn2)CC1. The van der Waals surface area contributed by atoms with E-state index in [0.29, 0.717) is 37.9 Å². The molecule has 1 saturated heterocycles. The standard InChI is InChI=1S/C16H22N4O2/c21-12-19-7-9-20(10-8-19)16(22)15-11-14(5-6-17-15)18-13-3-1-2-4-13/h5-6,11-13H,1-4,7-10H2,(H,17,18). The van der Waals surface area contributed by atoms with Crippen molar-refractivity contribution >= 4 is 18.0 Å². The summed E-state index contributed by atoms with van der Waals surface area (Å²) in [5.74, 6) is -0.0550. The minimum Gasteiger partial charge on any atom is -0.382 e. The first kappa shape index (κ1) is 14.8. The van der Waals surface area contributed by atoms with Gasteiger partial charge in [-0.2, -0.15) is 0 Å². The highest BCUT2D eigenvalue weighted by molar-refractivity contribution is 5.93. The van der Waals surface area contributed by atoms with Crippen LogP contribution in [0.2, 0.25) is 0 Å². The number of piperazine rings is 1. The van der Waals surface area contributed by atoms with Crippen LogP contribution in [-0.2, 0) is 4.79 Å². The second-order valence-electron chi connectivity index (χ2n) is 5.99. The van der Waals surface area contributed by atoms with Gasteiger partial charge in [0.25, 0.3) is 5.91 Å².